The number of aryl methyl sites for hydroxylation is 1. The van der Waals surface area contributed by atoms with Crippen molar-refractivity contribution >= 4 is 28.6 Å². The fraction of sp³-hybridized carbons (Fsp3) is 0.318. The van der Waals surface area contributed by atoms with Crippen LogP contribution in [-0.4, -0.2) is 28.4 Å². The summed E-state index contributed by atoms with van der Waals surface area (Å²) < 4.78 is 32.0. The first-order valence-corrected chi connectivity index (χ1v) is 9.65. The molecule has 1 fully saturated rings. The van der Waals surface area contributed by atoms with Crippen LogP contribution in [0.3, 0.4) is 0 Å². The molecule has 1 aliphatic carbocycles. The molecule has 0 spiro atoms. The van der Waals surface area contributed by atoms with Crippen molar-refractivity contribution in [3.05, 3.63) is 59.5 Å². The van der Waals surface area contributed by atoms with E-state index in [0.29, 0.717) is 52.2 Å². The summed E-state index contributed by atoms with van der Waals surface area (Å²) in [6.45, 7) is 5.82. The highest BCUT2D eigenvalue weighted by atomic mass is 19.1. The summed E-state index contributed by atoms with van der Waals surface area (Å²) in [6, 6.07) is 7.63. The standard InChI is InChI=1S/C20H18F2N4O.C2H6/c1-11-6-16-19(25-10-26-20(16)27-11)17(9-24-15-7-14(22)8-15)18(23)12-2-4-13(21)5-3-12;1-2/h2-6,9-10,14-15H,7-8,23H2,1H3;1-2H3/b18-17+,24-9?;. The largest absolute Gasteiger partial charge is 0.443 e. The molecule has 0 unspecified atom stereocenters. The van der Waals surface area contributed by atoms with Gasteiger partial charge < -0.3 is 10.2 Å². The highest BCUT2D eigenvalue weighted by Crippen LogP contribution is 2.30. The van der Waals surface area contributed by atoms with Gasteiger partial charge in [-0.3, -0.25) is 4.99 Å². The first kappa shape index (κ1) is 20.6. The Labute approximate surface area is 168 Å². The Hall–Kier alpha value is -3.09. The summed E-state index contributed by atoms with van der Waals surface area (Å²) in [6.07, 6.45) is 3.04. The van der Waals surface area contributed by atoms with Gasteiger partial charge in [0.2, 0.25) is 5.71 Å². The molecule has 3 aromatic rings. The molecule has 1 saturated carbocycles. The number of benzene rings is 1. The Morgan fingerprint density at radius 2 is 1.90 bits per heavy atom. The van der Waals surface area contributed by atoms with Crippen LogP contribution in [0.15, 0.2) is 46.1 Å². The number of furan rings is 1. The van der Waals surface area contributed by atoms with E-state index in [4.69, 9.17) is 10.2 Å². The second-order valence-electron chi connectivity index (χ2n) is 6.63. The van der Waals surface area contributed by atoms with Crippen molar-refractivity contribution in [1.29, 1.82) is 0 Å². The summed E-state index contributed by atoms with van der Waals surface area (Å²) in [5.74, 6) is 0.350. The number of rotatable bonds is 4. The molecule has 1 aliphatic rings. The molecule has 2 heterocycles. The van der Waals surface area contributed by atoms with E-state index in [1.54, 1.807) is 18.3 Å². The molecule has 1 aromatic carbocycles. The van der Waals surface area contributed by atoms with Crippen molar-refractivity contribution in [2.45, 2.75) is 45.8 Å². The molecule has 4 rings (SSSR count). The maximum Gasteiger partial charge on any atom is 0.229 e. The van der Waals surface area contributed by atoms with E-state index in [1.807, 2.05) is 26.8 Å². The van der Waals surface area contributed by atoms with E-state index in [2.05, 4.69) is 15.0 Å². The summed E-state index contributed by atoms with van der Waals surface area (Å²) in [5, 5.41) is 0.707. The molecule has 0 bridgehead atoms. The number of hydrogen-bond donors (Lipinski definition) is 1. The van der Waals surface area contributed by atoms with Crippen molar-refractivity contribution in [1.82, 2.24) is 9.97 Å². The maximum atomic E-state index is 13.3. The number of nitrogens with zero attached hydrogens (tertiary/aromatic N) is 3. The van der Waals surface area contributed by atoms with Crippen molar-refractivity contribution < 1.29 is 13.2 Å². The summed E-state index contributed by atoms with van der Waals surface area (Å²) in [4.78, 5) is 13.0. The summed E-state index contributed by atoms with van der Waals surface area (Å²) in [5.41, 5.74) is 9.01. The van der Waals surface area contributed by atoms with Gasteiger partial charge in [0.25, 0.3) is 0 Å². The number of fused-ring (bicyclic) bond motifs is 1. The Bertz CT molecular complexity index is 1030. The zero-order valence-electron chi connectivity index (χ0n) is 16.7. The lowest BCUT2D eigenvalue weighted by molar-refractivity contribution is 0.183. The van der Waals surface area contributed by atoms with Gasteiger partial charge in [-0.05, 0) is 42.8 Å². The van der Waals surface area contributed by atoms with Crippen molar-refractivity contribution in [2.24, 2.45) is 10.7 Å². The number of hydrogen-bond acceptors (Lipinski definition) is 5. The van der Waals surface area contributed by atoms with Crippen molar-refractivity contribution in [3.63, 3.8) is 0 Å². The molecule has 29 heavy (non-hydrogen) atoms. The molecule has 0 radical (unpaired) electrons. The zero-order chi connectivity index (χ0) is 21.0. The molecule has 152 valence electrons. The molecular weight excluding hydrogens is 374 g/mol. The molecule has 2 N–H and O–H groups in total. The summed E-state index contributed by atoms with van der Waals surface area (Å²) in [7, 11) is 0. The average Bonchev–Trinajstić information content (AvgIpc) is 3.09. The van der Waals surface area contributed by atoms with Crippen LogP contribution in [0.2, 0.25) is 0 Å². The highest BCUT2D eigenvalue weighted by Gasteiger charge is 2.28. The van der Waals surface area contributed by atoms with Crippen LogP contribution >= 0.6 is 0 Å². The third-order valence-corrected chi connectivity index (χ3v) is 4.62. The Balaban J connectivity index is 0.00000117. The van der Waals surface area contributed by atoms with Crippen molar-refractivity contribution in [3.8, 4) is 0 Å². The molecule has 2 aromatic heterocycles. The first-order valence-electron chi connectivity index (χ1n) is 9.65. The second-order valence-corrected chi connectivity index (χ2v) is 6.63. The molecule has 7 heteroatoms. The number of nitrogens with two attached hydrogens (primary N) is 1. The minimum Gasteiger partial charge on any atom is -0.443 e. The normalized spacial score (nSPS) is 19.5. The number of halogens is 2. The van der Waals surface area contributed by atoms with Crippen LogP contribution in [0.25, 0.3) is 22.4 Å². The lowest BCUT2D eigenvalue weighted by atomic mass is 9.91. The van der Waals surface area contributed by atoms with Crippen LogP contribution < -0.4 is 5.73 Å². The van der Waals surface area contributed by atoms with Crippen LogP contribution in [0.4, 0.5) is 8.78 Å². The maximum absolute atomic E-state index is 13.3. The fourth-order valence-corrected chi connectivity index (χ4v) is 3.06. The predicted molar refractivity (Wildman–Crippen MR) is 112 cm³/mol. The Kier molecular flexibility index (Phi) is 6.36. The van der Waals surface area contributed by atoms with Gasteiger partial charge in [0.15, 0.2) is 0 Å². The lowest BCUT2D eigenvalue weighted by Crippen LogP contribution is -2.28. The van der Waals surface area contributed by atoms with E-state index >= 15 is 0 Å². The Morgan fingerprint density at radius 1 is 1.21 bits per heavy atom. The van der Waals surface area contributed by atoms with Gasteiger partial charge in [-0.25, -0.2) is 18.7 Å². The fourth-order valence-electron chi connectivity index (χ4n) is 3.06. The topological polar surface area (TPSA) is 77.3 Å². The molecule has 0 aliphatic heterocycles. The van der Waals surface area contributed by atoms with Gasteiger partial charge >= 0.3 is 0 Å². The van der Waals surface area contributed by atoms with Gasteiger partial charge in [0.05, 0.1) is 17.1 Å². The monoisotopic (exact) mass is 398 g/mol. The van der Waals surface area contributed by atoms with Crippen LogP contribution in [0, 0.1) is 12.7 Å². The number of allylic oxidation sites excluding steroid dienone is 1. The third kappa shape index (κ3) is 4.50. The van der Waals surface area contributed by atoms with E-state index < -0.39 is 6.17 Å². The van der Waals surface area contributed by atoms with Gasteiger partial charge in [-0.15, -0.1) is 0 Å². The number of aliphatic imine (C=N–C) groups is 1. The molecule has 0 saturated heterocycles. The van der Waals surface area contributed by atoms with E-state index in [0.717, 1.165) is 0 Å². The van der Waals surface area contributed by atoms with Gasteiger partial charge in [0, 0.05) is 30.3 Å². The van der Waals surface area contributed by atoms with E-state index in [1.165, 1.54) is 18.5 Å². The predicted octanol–water partition coefficient (Wildman–Crippen LogP) is 5.09. The number of aromatic nitrogens is 2. The molecule has 5 nitrogen and oxygen atoms in total. The minimum atomic E-state index is -0.795. The second kappa shape index (κ2) is 8.94. The molecule has 0 amide bonds. The molecular formula is C22H24F2N4O. The summed E-state index contributed by atoms with van der Waals surface area (Å²) >= 11 is 0. The zero-order valence-corrected chi connectivity index (χ0v) is 16.7. The van der Waals surface area contributed by atoms with Gasteiger partial charge in [-0.2, -0.15) is 0 Å². The van der Waals surface area contributed by atoms with Crippen LogP contribution in [-0.2, 0) is 0 Å². The smallest absolute Gasteiger partial charge is 0.229 e. The van der Waals surface area contributed by atoms with E-state index in [9.17, 15) is 8.78 Å². The minimum absolute atomic E-state index is 0.0700. The van der Waals surface area contributed by atoms with Crippen LogP contribution in [0.5, 0.6) is 0 Å². The van der Waals surface area contributed by atoms with Crippen LogP contribution in [0.1, 0.15) is 43.7 Å². The first-order chi connectivity index (χ1) is 14.0. The van der Waals surface area contributed by atoms with Gasteiger partial charge in [-0.1, -0.05) is 13.8 Å². The SMILES string of the molecule is CC.Cc1cc2c(/C(C=NC3CC(F)C3)=C(/N)c3ccc(F)cc3)ncnc2o1. The lowest BCUT2D eigenvalue weighted by Gasteiger charge is -2.25. The quantitative estimate of drug-likeness (QED) is 0.621. The third-order valence-electron chi connectivity index (χ3n) is 4.62. The average molecular weight is 398 g/mol. The van der Waals surface area contributed by atoms with Crippen molar-refractivity contribution in [2.75, 3.05) is 0 Å². The van der Waals surface area contributed by atoms with E-state index in [-0.39, 0.29) is 11.9 Å². The van der Waals surface area contributed by atoms with Gasteiger partial charge in [0.1, 0.15) is 24.1 Å². The number of alkyl halides is 1. The molecule has 0 atom stereocenters. The Morgan fingerprint density at radius 3 is 2.55 bits per heavy atom. The highest BCUT2D eigenvalue weighted by molar-refractivity contribution is 6.21.